The summed E-state index contributed by atoms with van der Waals surface area (Å²) in [4.78, 5) is 0. The average Bonchev–Trinajstić information content (AvgIpc) is 3.09. The first-order chi connectivity index (χ1) is 13.1. The molecule has 2 heterocycles. The molecule has 0 radical (unpaired) electrons. The smallest absolute Gasteiger partial charge is 0.244 e. The maximum absolute atomic E-state index is 10.3. The molecule has 140 valence electrons. The van der Waals surface area contributed by atoms with Crippen LogP contribution in [0.5, 0.6) is 5.75 Å². The van der Waals surface area contributed by atoms with E-state index in [2.05, 4.69) is 34.5 Å². The Labute approximate surface area is 159 Å². The lowest BCUT2D eigenvalue weighted by Gasteiger charge is -2.38. The summed E-state index contributed by atoms with van der Waals surface area (Å²) in [5.74, 6) is 1.45. The zero-order valence-corrected chi connectivity index (χ0v) is 15.7. The number of hydrogen-bond donors (Lipinski definition) is 2. The Morgan fingerprint density at radius 3 is 2.30 bits per heavy atom. The maximum atomic E-state index is 10.3. The van der Waals surface area contributed by atoms with Gasteiger partial charge in [-0.1, -0.05) is 36.8 Å². The van der Waals surface area contributed by atoms with Crippen LogP contribution < -0.4 is 5.43 Å². The lowest BCUT2D eigenvalue weighted by atomic mass is 10.00. The van der Waals surface area contributed by atoms with Gasteiger partial charge in [0, 0.05) is 12.1 Å². The Morgan fingerprint density at radius 1 is 0.926 bits per heavy atom. The Morgan fingerprint density at radius 2 is 1.59 bits per heavy atom. The molecule has 6 nitrogen and oxygen atoms in total. The molecule has 0 amide bonds. The van der Waals surface area contributed by atoms with Gasteiger partial charge in [0.25, 0.3) is 0 Å². The van der Waals surface area contributed by atoms with Crippen LogP contribution in [0.3, 0.4) is 0 Å². The van der Waals surface area contributed by atoms with Gasteiger partial charge in [-0.15, -0.1) is 10.2 Å². The summed E-state index contributed by atoms with van der Waals surface area (Å²) in [7, 11) is 0. The van der Waals surface area contributed by atoms with Crippen molar-refractivity contribution in [2.75, 3.05) is 5.43 Å². The van der Waals surface area contributed by atoms with Crippen molar-refractivity contribution in [3.05, 3.63) is 54.6 Å². The molecule has 1 aliphatic rings. The summed E-state index contributed by atoms with van der Waals surface area (Å²) >= 11 is 0. The normalized spacial score (nSPS) is 20.5. The molecule has 2 atom stereocenters. The summed E-state index contributed by atoms with van der Waals surface area (Å²) in [6.45, 7) is 4.46. The zero-order valence-electron chi connectivity index (χ0n) is 15.7. The number of aromatic nitrogens is 3. The fourth-order valence-corrected chi connectivity index (χ4v) is 3.77. The van der Waals surface area contributed by atoms with Gasteiger partial charge in [-0.3, -0.25) is 9.99 Å². The fraction of sp³-hybridized carbons (Fsp3) is 0.333. The minimum Gasteiger partial charge on any atom is -0.507 e. The van der Waals surface area contributed by atoms with Crippen molar-refractivity contribution in [3.63, 3.8) is 0 Å². The van der Waals surface area contributed by atoms with E-state index in [0.717, 1.165) is 18.5 Å². The number of aromatic hydroxyl groups is 1. The van der Waals surface area contributed by atoms with Crippen LogP contribution in [-0.2, 0) is 0 Å². The van der Waals surface area contributed by atoms with Crippen LogP contribution >= 0.6 is 0 Å². The first-order valence-corrected chi connectivity index (χ1v) is 9.49. The third kappa shape index (κ3) is 3.40. The highest BCUT2D eigenvalue weighted by Gasteiger charge is 2.27. The lowest BCUT2D eigenvalue weighted by Crippen LogP contribution is -2.47. The summed E-state index contributed by atoms with van der Waals surface area (Å²) in [6.07, 6.45) is 3.56. The Balaban J connectivity index is 1.80. The fourth-order valence-electron chi connectivity index (χ4n) is 3.77. The van der Waals surface area contributed by atoms with E-state index in [-0.39, 0.29) is 5.75 Å². The number of phenols is 1. The van der Waals surface area contributed by atoms with E-state index in [0.29, 0.717) is 29.4 Å². The highest BCUT2D eigenvalue weighted by molar-refractivity contribution is 5.67. The van der Waals surface area contributed by atoms with Crippen molar-refractivity contribution in [3.8, 4) is 22.8 Å². The molecule has 1 aliphatic heterocycles. The van der Waals surface area contributed by atoms with Crippen molar-refractivity contribution in [2.24, 2.45) is 0 Å². The number of anilines is 1. The van der Waals surface area contributed by atoms with Crippen LogP contribution in [-0.4, -0.2) is 37.0 Å². The van der Waals surface area contributed by atoms with Crippen LogP contribution in [0.25, 0.3) is 17.1 Å². The second kappa shape index (κ2) is 7.40. The van der Waals surface area contributed by atoms with E-state index < -0.39 is 0 Å². The number of nitrogens with zero attached hydrogens (tertiary/aromatic N) is 4. The highest BCUT2D eigenvalue weighted by atomic mass is 16.3. The van der Waals surface area contributed by atoms with Crippen LogP contribution in [0.15, 0.2) is 54.6 Å². The Hall–Kier alpha value is -2.86. The lowest BCUT2D eigenvalue weighted by molar-refractivity contribution is 0.134. The van der Waals surface area contributed by atoms with Crippen molar-refractivity contribution in [1.82, 2.24) is 19.8 Å². The number of hydrogen-bond acceptors (Lipinski definition) is 5. The summed E-state index contributed by atoms with van der Waals surface area (Å²) in [5, 5.41) is 21.4. The van der Waals surface area contributed by atoms with Crippen LogP contribution in [0.1, 0.15) is 33.1 Å². The van der Waals surface area contributed by atoms with Crippen LogP contribution in [0.2, 0.25) is 0 Å². The van der Waals surface area contributed by atoms with Gasteiger partial charge >= 0.3 is 0 Å². The Kier molecular flexibility index (Phi) is 4.81. The van der Waals surface area contributed by atoms with Gasteiger partial charge in [0.2, 0.25) is 5.95 Å². The first-order valence-electron chi connectivity index (χ1n) is 9.49. The van der Waals surface area contributed by atoms with Crippen molar-refractivity contribution in [2.45, 2.75) is 45.2 Å². The van der Waals surface area contributed by atoms with Crippen molar-refractivity contribution in [1.29, 1.82) is 0 Å². The number of para-hydroxylation sites is 2. The van der Waals surface area contributed by atoms with E-state index in [1.54, 1.807) is 12.1 Å². The molecule has 2 aromatic carbocycles. The van der Waals surface area contributed by atoms with Crippen LogP contribution in [0.4, 0.5) is 5.95 Å². The monoisotopic (exact) mass is 363 g/mol. The largest absolute Gasteiger partial charge is 0.507 e. The zero-order chi connectivity index (χ0) is 18.8. The molecule has 0 aliphatic carbocycles. The number of hydrazine groups is 1. The molecule has 2 N–H and O–H groups in total. The van der Waals surface area contributed by atoms with E-state index in [1.165, 1.54) is 6.42 Å². The van der Waals surface area contributed by atoms with Gasteiger partial charge in [-0.2, -0.15) is 0 Å². The molecular formula is C21H25N5O. The predicted molar refractivity (Wildman–Crippen MR) is 107 cm³/mol. The third-order valence-electron chi connectivity index (χ3n) is 5.25. The summed E-state index contributed by atoms with van der Waals surface area (Å²) < 4.78 is 1.96. The minimum absolute atomic E-state index is 0.188. The molecule has 0 spiro atoms. The van der Waals surface area contributed by atoms with Gasteiger partial charge in [-0.05, 0) is 51.0 Å². The number of piperidine rings is 1. The molecule has 3 aromatic rings. The maximum Gasteiger partial charge on any atom is 0.244 e. The van der Waals surface area contributed by atoms with Crippen LogP contribution in [0, 0.1) is 0 Å². The van der Waals surface area contributed by atoms with E-state index in [1.807, 2.05) is 47.0 Å². The number of rotatable bonds is 4. The molecule has 4 rings (SSSR count). The van der Waals surface area contributed by atoms with Gasteiger partial charge in [-0.25, -0.2) is 5.01 Å². The molecule has 1 aromatic heterocycles. The average molecular weight is 363 g/mol. The SMILES string of the molecule is CC1CCCC(C)N1Nc1nnc(-c2ccccc2O)n1-c1ccccc1. The molecular weight excluding hydrogens is 338 g/mol. The predicted octanol–water partition coefficient (Wildman–Crippen LogP) is 4.23. The minimum atomic E-state index is 0.188. The third-order valence-corrected chi connectivity index (χ3v) is 5.25. The topological polar surface area (TPSA) is 66.2 Å². The molecule has 2 unspecified atom stereocenters. The molecule has 6 heteroatoms. The van der Waals surface area contributed by atoms with Gasteiger partial charge in [0.1, 0.15) is 5.75 Å². The summed E-state index contributed by atoms with van der Waals surface area (Å²) in [6, 6.07) is 18.0. The van der Waals surface area contributed by atoms with E-state index in [9.17, 15) is 5.11 Å². The number of phenolic OH excluding ortho intramolecular Hbond substituents is 1. The number of nitrogens with one attached hydrogen (secondary N) is 1. The number of benzene rings is 2. The Bertz CT molecular complexity index is 898. The highest BCUT2D eigenvalue weighted by Crippen LogP contribution is 2.32. The molecule has 0 saturated carbocycles. The van der Waals surface area contributed by atoms with Crippen molar-refractivity contribution < 1.29 is 5.11 Å². The van der Waals surface area contributed by atoms with E-state index >= 15 is 0 Å². The van der Waals surface area contributed by atoms with E-state index in [4.69, 9.17) is 0 Å². The second-order valence-electron chi connectivity index (χ2n) is 7.18. The standard InChI is InChI=1S/C21H25N5O/c1-15-9-8-10-16(2)26(15)24-21-23-22-20(18-13-6-7-14-19(18)27)25(21)17-11-4-3-5-12-17/h3-7,11-16,27H,8-10H2,1-2H3,(H,23,24). The quantitative estimate of drug-likeness (QED) is 0.726. The molecule has 1 saturated heterocycles. The van der Waals surface area contributed by atoms with Gasteiger partial charge < -0.3 is 5.11 Å². The molecule has 1 fully saturated rings. The van der Waals surface area contributed by atoms with Gasteiger partial charge in [0.05, 0.1) is 11.3 Å². The molecule has 27 heavy (non-hydrogen) atoms. The summed E-state index contributed by atoms with van der Waals surface area (Å²) in [5.41, 5.74) is 5.10. The molecule has 0 bridgehead atoms. The van der Waals surface area contributed by atoms with Crippen molar-refractivity contribution >= 4 is 5.95 Å². The second-order valence-corrected chi connectivity index (χ2v) is 7.18. The first kappa shape index (κ1) is 17.5. The van der Waals surface area contributed by atoms with Gasteiger partial charge in [0.15, 0.2) is 5.82 Å².